The first-order chi connectivity index (χ1) is 27.6. The standard InChI is InChI=1S/C38H50N2O19/c1-18(41)40(19(2)42)27-24(53-33(46)23-13-11-12-14-39-23)15-38(35(47)48-10,58-30(27)28(52-22(5)45)25(51-21(4)44)16-49-20(3)43)50-17-26-29-31(56-36(6,7)55-29)32-34(54-26)59-37(8,9)57-32/h11-14,24-32,34H,15-17H2,1-10H3/t24-,25+,26+,27+,28+,29-,30+,31-,32+,34+,38+/m0/s1. The van der Waals surface area contributed by atoms with Crippen LogP contribution in [0.1, 0.15) is 79.2 Å². The van der Waals surface area contributed by atoms with Crippen molar-refractivity contribution in [3.63, 3.8) is 0 Å². The Morgan fingerprint density at radius 2 is 1.44 bits per heavy atom. The van der Waals surface area contributed by atoms with Crippen LogP contribution >= 0.6 is 0 Å². The predicted molar refractivity (Wildman–Crippen MR) is 191 cm³/mol. The van der Waals surface area contributed by atoms with Gasteiger partial charge in [-0.2, -0.15) is 0 Å². The lowest BCUT2D eigenvalue weighted by Crippen LogP contribution is -2.70. The van der Waals surface area contributed by atoms with Gasteiger partial charge in [-0.3, -0.25) is 28.9 Å². The smallest absolute Gasteiger partial charge is 0.366 e. The van der Waals surface area contributed by atoms with Crippen LogP contribution in [-0.4, -0.2) is 150 Å². The van der Waals surface area contributed by atoms with Crippen molar-refractivity contribution in [3.05, 3.63) is 30.1 Å². The van der Waals surface area contributed by atoms with Gasteiger partial charge in [0, 0.05) is 40.8 Å². The number of hydrogen-bond acceptors (Lipinski definition) is 20. The third kappa shape index (κ3) is 10.4. The summed E-state index contributed by atoms with van der Waals surface area (Å²) in [7, 11) is 1.01. The Morgan fingerprint density at radius 1 is 0.814 bits per heavy atom. The second kappa shape index (κ2) is 17.9. The fraction of sp³-hybridized carbons (Fsp3) is 0.684. The van der Waals surface area contributed by atoms with Gasteiger partial charge in [-0.05, 0) is 39.8 Å². The second-order valence-electron chi connectivity index (χ2n) is 15.1. The molecule has 21 heteroatoms. The van der Waals surface area contributed by atoms with E-state index in [1.807, 2.05) is 0 Å². The van der Waals surface area contributed by atoms with Gasteiger partial charge < -0.3 is 56.8 Å². The molecule has 0 radical (unpaired) electrons. The van der Waals surface area contributed by atoms with Crippen LogP contribution in [0, 0.1) is 0 Å². The number of pyridine rings is 1. The normalized spacial score (nSPS) is 31.3. The molecule has 21 nitrogen and oxygen atoms in total. The molecule has 0 spiro atoms. The third-order valence-corrected chi connectivity index (χ3v) is 9.61. The van der Waals surface area contributed by atoms with Gasteiger partial charge in [0.1, 0.15) is 55.0 Å². The van der Waals surface area contributed by atoms with Crippen molar-refractivity contribution < 1.29 is 90.4 Å². The molecule has 11 atom stereocenters. The number of carbonyl (C=O) groups excluding carboxylic acids is 7. The Morgan fingerprint density at radius 3 is 2.02 bits per heavy atom. The minimum Gasteiger partial charge on any atom is -0.465 e. The van der Waals surface area contributed by atoms with Crippen molar-refractivity contribution in [2.75, 3.05) is 20.3 Å². The van der Waals surface area contributed by atoms with Crippen LogP contribution in [0.5, 0.6) is 0 Å². The van der Waals surface area contributed by atoms with Gasteiger partial charge in [0.25, 0.3) is 5.79 Å². The van der Waals surface area contributed by atoms with E-state index in [0.29, 0.717) is 4.90 Å². The number of ether oxygens (including phenoxy) is 12. The van der Waals surface area contributed by atoms with E-state index in [-0.39, 0.29) is 5.69 Å². The van der Waals surface area contributed by atoms with Crippen LogP contribution in [0.25, 0.3) is 0 Å². The van der Waals surface area contributed by atoms with Crippen molar-refractivity contribution in [1.29, 1.82) is 0 Å². The highest BCUT2D eigenvalue weighted by Gasteiger charge is 2.64. The van der Waals surface area contributed by atoms with Crippen LogP contribution < -0.4 is 0 Å². The molecule has 4 saturated heterocycles. The molecule has 0 bridgehead atoms. The monoisotopic (exact) mass is 838 g/mol. The molecule has 4 aliphatic heterocycles. The van der Waals surface area contributed by atoms with E-state index in [1.54, 1.807) is 33.8 Å². The second-order valence-corrected chi connectivity index (χ2v) is 15.1. The number of aromatic nitrogens is 1. The summed E-state index contributed by atoms with van der Waals surface area (Å²) in [5.41, 5.74) is -0.209. The van der Waals surface area contributed by atoms with E-state index in [1.165, 1.54) is 18.3 Å². The zero-order valence-corrected chi connectivity index (χ0v) is 34.4. The summed E-state index contributed by atoms with van der Waals surface area (Å²) in [6, 6.07) is 2.61. The van der Waals surface area contributed by atoms with Crippen LogP contribution in [-0.2, 0) is 85.6 Å². The van der Waals surface area contributed by atoms with E-state index in [4.69, 9.17) is 56.8 Å². The number of rotatable bonds is 13. The van der Waals surface area contributed by atoms with E-state index in [0.717, 1.165) is 41.7 Å². The number of hydrogen-bond donors (Lipinski definition) is 0. The highest BCUT2D eigenvalue weighted by Crippen LogP contribution is 2.45. The largest absolute Gasteiger partial charge is 0.465 e. The highest BCUT2D eigenvalue weighted by molar-refractivity contribution is 5.94. The minimum absolute atomic E-state index is 0.209. The molecular weight excluding hydrogens is 788 g/mol. The number of fused-ring (bicyclic) bond motifs is 3. The Bertz CT molecular complexity index is 1760. The summed E-state index contributed by atoms with van der Waals surface area (Å²) in [5, 5.41) is 0. The van der Waals surface area contributed by atoms with Crippen molar-refractivity contribution in [1.82, 2.24) is 9.88 Å². The zero-order valence-electron chi connectivity index (χ0n) is 34.4. The van der Waals surface area contributed by atoms with Crippen molar-refractivity contribution in [3.8, 4) is 0 Å². The summed E-state index contributed by atoms with van der Waals surface area (Å²) in [6.45, 7) is 10.6. The molecule has 4 fully saturated rings. The molecule has 5 heterocycles. The highest BCUT2D eigenvalue weighted by atomic mass is 16.9. The van der Waals surface area contributed by atoms with Crippen molar-refractivity contribution in [2.45, 2.75) is 147 Å². The lowest BCUT2D eigenvalue weighted by Gasteiger charge is -2.51. The molecule has 0 saturated carbocycles. The molecular formula is C38H50N2O19. The number of methoxy groups -OCH3 is 1. The molecule has 0 aliphatic carbocycles. The minimum atomic E-state index is -2.65. The van der Waals surface area contributed by atoms with Gasteiger partial charge >= 0.3 is 29.8 Å². The molecule has 1 aromatic heterocycles. The van der Waals surface area contributed by atoms with E-state index in [2.05, 4.69) is 4.98 Å². The Balaban J connectivity index is 1.66. The van der Waals surface area contributed by atoms with Crippen LogP contribution in [0.2, 0.25) is 0 Å². The molecule has 5 rings (SSSR count). The fourth-order valence-electron chi connectivity index (χ4n) is 7.58. The van der Waals surface area contributed by atoms with E-state index < -0.39 is 140 Å². The van der Waals surface area contributed by atoms with Crippen LogP contribution in [0.3, 0.4) is 0 Å². The topological polar surface area (TPSA) is 246 Å². The molecule has 4 aliphatic rings. The quantitative estimate of drug-likeness (QED) is 0.197. The fourth-order valence-corrected chi connectivity index (χ4v) is 7.58. The molecule has 1 aromatic rings. The Labute approximate surface area is 339 Å². The molecule has 0 unspecified atom stereocenters. The van der Waals surface area contributed by atoms with Gasteiger partial charge in [0.05, 0.1) is 20.1 Å². The van der Waals surface area contributed by atoms with Crippen LogP contribution in [0.15, 0.2) is 24.4 Å². The summed E-state index contributed by atoms with van der Waals surface area (Å²) < 4.78 is 71.1. The Hall–Kier alpha value is -4.64. The molecule has 59 heavy (non-hydrogen) atoms. The zero-order chi connectivity index (χ0) is 43.6. The first-order valence-corrected chi connectivity index (χ1v) is 18.7. The van der Waals surface area contributed by atoms with E-state index in [9.17, 15) is 33.6 Å². The number of esters is 5. The summed E-state index contributed by atoms with van der Waals surface area (Å²) in [5.74, 6) is -11.7. The summed E-state index contributed by atoms with van der Waals surface area (Å²) >= 11 is 0. The van der Waals surface area contributed by atoms with Gasteiger partial charge in [0.2, 0.25) is 11.8 Å². The van der Waals surface area contributed by atoms with Crippen molar-refractivity contribution in [2.24, 2.45) is 0 Å². The lowest BCUT2D eigenvalue weighted by atomic mass is 9.86. The maximum Gasteiger partial charge on any atom is 0.366 e. The lowest BCUT2D eigenvalue weighted by molar-refractivity contribution is -0.331. The van der Waals surface area contributed by atoms with Gasteiger partial charge in [0.15, 0.2) is 30.1 Å². The van der Waals surface area contributed by atoms with Crippen LogP contribution in [0.4, 0.5) is 0 Å². The number of imide groups is 1. The van der Waals surface area contributed by atoms with Crippen molar-refractivity contribution >= 4 is 41.7 Å². The van der Waals surface area contributed by atoms with Gasteiger partial charge in [-0.15, -0.1) is 0 Å². The summed E-state index contributed by atoms with van der Waals surface area (Å²) in [6.07, 6.45) is -11.2. The van der Waals surface area contributed by atoms with Gasteiger partial charge in [-0.1, -0.05) is 6.07 Å². The number of nitrogens with zero attached hydrogens (tertiary/aromatic N) is 2. The SMILES string of the molecule is COC(=O)[C@@]1(OC[C@H]2O[C@@H]3OC(C)(C)O[C@@H]3[C@H]3OC(C)(C)O[C@H]32)C[C@H](OC(=O)c2ccccn2)[C@@H](N(C(C)=O)C(C)=O)[C@H]([C@H](OC(C)=O)[C@@H](COC(C)=O)OC(C)=O)O1. The molecule has 326 valence electrons. The Kier molecular flexibility index (Phi) is 13.8. The van der Waals surface area contributed by atoms with E-state index >= 15 is 0 Å². The number of carbonyl (C=O) groups is 7. The van der Waals surface area contributed by atoms with Gasteiger partial charge in [-0.25, -0.2) is 14.6 Å². The average molecular weight is 839 g/mol. The molecule has 2 amide bonds. The average Bonchev–Trinajstić information content (AvgIpc) is 3.65. The maximum atomic E-state index is 14.2. The predicted octanol–water partition coefficient (Wildman–Crippen LogP) is 0.868. The maximum absolute atomic E-state index is 14.2. The summed E-state index contributed by atoms with van der Waals surface area (Å²) in [4.78, 5) is 96.7. The molecule has 0 N–H and O–H groups in total. The first kappa shape index (κ1) is 45.4. The third-order valence-electron chi connectivity index (χ3n) is 9.61. The first-order valence-electron chi connectivity index (χ1n) is 18.7. The number of amides is 2. The molecule has 0 aromatic carbocycles.